The van der Waals surface area contributed by atoms with Crippen LogP contribution in [0.2, 0.25) is 10.0 Å². The maximum atomic E-state index is 13.4. The van der Waals surface area contributed by atoms with Gasteiger partial charge in [-0.1, -0.05) is 35.0 Å². The molecule has 0 unspecified atom stereocenters. The number of carbonyl (C=O) groups is 1. The zero-order chi connectivity index (χ0) is 29.6. The quantitative estimate of drug-likeness (QED) is 0.221. The molecule has 0 aliphatic heterocycles. The van der Waals surface area contributed by atoms with E-state index in [2.05, 4.69) is 21.8 Å². The van der Waals surface area contributed by atoms with Gasteiger partial charge in [-0.2, -0.15) is 18.4 Å². The number of fused-ring (bicyclic) bond motifs is 2. The van der Waals surface area contributed by atoms with Gasteiger partial charge in [0.25, 0.3) is 5.56 Å². The minimum Gasteiger partial charge on any atom is -0.478 e. The van der Waals surface area contributed by atoms with Gasteiger partial charge in [0.15, 0.2) is 0 Å². The molecule has 0 atom stereocenters. The van der Waals surface area contributed by atoms with Crippen LogP contribution in [0.25, 0.3) is 32.2 Å². The summed E-state index contributed by atoms with van der Waals surface area (Å²) in [4.78, 5) is 33.2. The van der Waals surface area contributed by atoms with Gasteiger partial charge in [-0.3, -0.25) is 14.3 Å². The molecule has 0 bridgehead atoms. The highest BCUT2D eigenvalue weighted by Crippen LogP contribution is 2.39. The maximum Gasteiger partial charge on any atom is 0.417 e. The molecule has 5 aromatic rings. The molecule has 0 amide bonds. The number of aryl methyl sites for hydroxylation is 1. The van der Waals surface area contributed by atoms with Crippen LogP contribution >= 0.6 is 34.5 Å². The number of aromatic nitrogens is 3. The van der Waals surface area contributed by atoms with E-state index in [1.807, 2.05) is 0 Å². The molecule has 0 saturated heterocycles. The molecule has 3 aromatic heterocycles. The largest absolute Gasteiger partial charge is 0.478 e. The molecule has 0 aliphatic rings. The molecule has 0 fully saturated rings. The lowest BCUT2D eigenvalue weighted by Gasteiger charge is -2.14. The van der Waals surface area contributed by atoms with Gasteiger partial charge in [-0.25, -0.2) is 9.78 Å². The number of aromatic carboxylic acids is 1. The molecule has 13 heteroatoms. The van der Waals surface area contributed by atoms with Crippen molar-refractivity contribution in [1.82, 2.24) is 14.5 Å². The number of hydrogen-bond donors (Lipinski definition) is 1. The van der Waals surface area contributed by atoms with E-state index in [0.29, 0.717) is 38.0 Å². The van der Waals surface area contributed by atoms with Crippen molar-refractivity contribution in [3.63, 3.8) is 0 Å². The molecule has 41 heavy (non-hydrogen) atoms. The minimum absolute atomic E-state index is 0.0689. The Morgan fingerprint density at radius 2 is 1.95 bits per heavy atom. The molecule has 1 N–H and O–H groups in total. The lowest BCUT2D eigenvalue weighted by Crippen LogP contribution is -2.25. The van der Waals surface area contributed by atoms with Crippen molar-refractivity contribution in [1.29, 1.82) is 5.26 Å². The standard InChI is InChI=1S/C28H13Cl2F3N4O3S/c1-13-36-21-10-20(28(31,32)33)23(30)18(11-34)22(21)26(38)37(13)8-2-3-14-4-5-15(29)9-17(14)16-6-7-35-24-19(27(39)40)12-41-25(16)24/h4-7,9-10,12H,8H2,1H3,(H,39,40). The number of hydrogen-bond acceptors (Lipinski definition) is 6. The first kappa shape index (κ1) is 28.1. The van der Waals surface area contributed by atoms with Gasteiger partial charge >= 0.3 is 12.1 Å². The molecule has 3 heterocycles. The summed E-state index contributed by atoms with van der Waals surface area (Å²) in [7, 11) is 0. The lowest BCUT2D eigenvalue weighted by molar-refractivity contribution is -0.137. The van der Waals surface area contributed by atoms with E-state index in [9.17, 15) is 33.1 Å². The summed E-state index contributed by atoms with van der Waals surface area (Å²) in [5.41, 5.74) is -0.762. The Hall–Kier alpha value is -4.42. The van der Waals surface area contributed by atoms with E-state index in [1.54, 1.807) is 30.3 Å². The first-order valence-electron chi connectivity index (χ1n) is 11.5. The van der Waals surface area contributed by atoms with Crippen LogP contribution in [0.5, 0.6) is 0 Å². The summed E-state index contributed by atoms with van der Waals surface area (Å²) in [6.07, 6.45) is -3.36. The van der Waals surface area contributed by atoms with E-state index in [-0.39, 0.29) is 28.8 Å². The first-order valence-corrected chi connectivity index (χ1v) is 13.1. The lowest BCUT2D eigenvalue weighted by atomic mass is 10.00. The van der Waals surface area contributed by atoms with Crippen LogP contribution < -0.4 is 5.56 Å². The number of thiophene rings is 1. The van der Waals surface area contributed by atoms with Crippen LogP contribution in [0.4, 0.5) is 13.2 Å². The van der Waals surface area contributed by atoms with Gasteiger partial charge in [0, 0.05) is 33.3 Å². The third-order valence-corrected chi connectivity index (χ3v) is 7.84. The topological polar surface area (TPSA) is 109 Å². The van der Waals surface area contributed by atoms with Crippen LogP contribution in [0.15, 0.2) is 46.7 Å². The van der Waals surface area contributed by atoms with E-state index in [1.165, 1.54) is 29.8 Å². The molecule has 204 valence electrons. The molecule has 0 spiro atoms. The molecule has 2 aromatic carbocycles. The van der Waals surface area contributed by atoms with Gasteiger partial charge in [-0.05, 0) is 37.3 Å². The van der Waals surface area contributed by atoms with Crippen LogP contribution in [-0.2, 0) is 12.7 Å². The van der Waals surface area contributed by atoms with Crippen molar-refractivity contribution in [2.45, 2.75) is 19.6 Å². The van der Waals surface area contributed by atoms with Crippen LogP contribution in [0.1, 0.15) is 32.9 Å². The van der Waals surface area contributed by atoms with E-state index >= 15 is 0 Å². The zero-order valence-corrected chi connectivity index (χ0v) is 22.9. The van der Waals surface area contributed by atoms with Crippen LogP contribution in [0, 0.1) is 30.1 Å². The molecular formula is C28H13Cl2F3N4O3S. The Labute approximate surface area is 243 Å². The fraction of sp³-hybridized carbons (Fsp3) is 0.107. The van der Waals surface area contributed by atoms with E-state index in [0.717, 1.165) is 4.57 Å². The Morgan fingerprint density at radius 3 is 2.63 bits per heavy atom. The van der Waals surface area contributed by atoms with Crippen molar-refractivity contribution in [3.8, 4) is 29.0 Å². The Balaban J connectivity index is 1.61. The Morgan fingerprint density at radius 1 is 1.20 bits per heavy atom. The predicted molar refractivity (Wildman–Crippen MR) is 149 cm³/mol. The number of carboxylic acids is 1. The monoisotopic (exact) mass is 612 g/mol. The average molecular weight is 613 g/mol. The third-order valence-electron chi connectivity index (χ3n) is 6.21. The molecule has 0 radical (unpaired) electrons. The highest BCUT2D eigenvalue weighted by molar-refractivity contribution is 7.18. The number of nitrogens with zero attached hydrogens (tertiary/aromatic N) is 4. The van der Waals surface area contributed by atoms with Gasteiger partial charge in [-0.15, -0.1) is 11.3 Å². The van der Waals surface area contributed by atoms with Gasteiger partial charge in [0.1, 0.15) is 11.9 Å². The summed E-state index contributed by atoms with van der Waals surface area (Å²) in [5.74, 6) is 4.85. The fourth-order valence-electron chi connectivity index (χ4n) is 4.32. The first-order chi connectivity index (χ1) is 19.4. The number of nitriles is 1. The second-order valence-corrected chi connectivity index (χ2v) is 10.3. The second-order valence-electron chi connectivity index (χ2n) is 8.65. The van der Waals surface area contributed by atoms with Gasteiger partial charge in [0.05, 0.1) is 49.4 Å². The number of benzene rings is 2. The van der Waals surface area contributed by atoms with Crippen molar-refractivity contribution >= 4 is 61.6 Å². The number of rotatable bonds is 3. The average Bonchev–Trinajstić information content (AvgIpc) is 3.35. The number of carboxylic acid groups (broad SMARTS) is 1. The molecule has 0 saturated carbocycles. The summed E-state index contributed by atoms with van der Waals surface area (Å²) < 4.78 is 42.1. The van der Waals surface area contributed by atoms with Crippen molar-refractivity contribution in [2.24, 2.45) is 0 Å². The molecule has 5 rings (SSSR count). The van der Waals surface area contributed by atoms with Gasteiger partial charge < -0.3 is 5.11 Å². The third kappa shape index (κ3) is 5.00. The smallest absolute Gasteiger partial charge is 0.417 e. The highest BCUT2D eigenvalue weighted by Gasteiger charge is 2.36. The van der Waals surface area contributed by atoms with E-state index in [4.69, 9.17) is 23.2 Å². The molecule has 0 aliphatic carbocycles. The summed E-state index contributed by atoms with van der Waals surface area (Å²) >= 11 is 13.4. The predicted octanol–water partition coefficient (Wildman–Crippen LogP) is 6.93. The molecule has 7 nitrogen and oxygen atoms in total. The Kier molecular flexibility index (Phi) is 7.22. The number of halogens is 5. The van der Waals surface area contributed by atoms with Crippen molar-refractivity contribution < 1.29 is 23.1 Å². The van der Waals surface area contributed by atoms with Gasteiger partial charge in [0.2, 0.25) is 0 Å². The molecular weight excluding hydrogens is 600 g/mol. The van der Waals surface area contributed by atoms with E-state index < -0.39 is 33.9 Å². The normalized spacial score (nSPS) is 11.3. The maximum absolute atomic E-state index is 13.4. The SMILES string of the molecule is Cc1nc2cc(C(F)(F)F)c(Cl)c(C#N)c2c(=O)n1CC#Cc1ccc(Cl)cc1-c1ccnc2c(C(=O)O)csc12. The number of pyridine rings is 1. The van der Waals surface area contributed by atoms with Crippen LogP contribution in [-0.4, -0.2) is 25.6 Å². The zero-order valence-electron chi connectivity index (χ0n) is 20.6. The second kappa shape index (κ2) is 10.5. The minimum atomic E-state index is -4.85. The summed E-state index contributed by atoms with van der Waals surface area (Å²) in [6, 6.07) is 8.93. The summed E-state index contributed by atoms with van der Waals surface area (Å²) in [6.45, 7) is 1.24. The van der Waals surface area contributed by atoms with Crippen LogP contribution in [0.3, 0.4) is 0 Å². The fourth-order valence-corrected chi connectivity index (χ4v) is 5.82. The highest BCUT2D eigenvalue weighted by atomic mass is 35.5. The van der Waals surface area contributed by atoms with Crippen molar-refractivity contribution in [2.75, 3.05) is 0 Å². The van der Waals surface area contributed by atoms with Crippen molar-refractivity contribution in [3.05, 3.63) is 90.4 Å². The summed E-state index contributed by atoms with van der Waals surface area (Å²) in [5, 5.41) is 19.7. The number of alkyl halides is 3. The Bertz CT molecular complexity index is 2090.